The Balaban J connectivity index is 1.84. The van der Waals surface area contributed by atoms with E-state index < -0.39 is 41.1 Å². The first-order chi connectivity index (χ1) is 13.4. The zero-order chi connectivity index (χ0) is 21.4. The number of hydrogen-bond acceptors (Lipinski definition) is 7. The molecule has 5 fully saturated rings. The molecule has 0 aromatic rings. The average Bonchev–Trinajstić information content (AvgIpc) is 2.91. The van der Waals surface area contributed by atoms with E-state index in [0.717, 1.165) is 12.8 Å². The van der Waals surface area contributed by atoms with Crippen LogP contribution in [0.3, 0.4) is 0 Å². The molecule has 1 saturated carbocycles. The molecule has 7 nitrogen and oxygen atoms in total. The lowest BCUT2D eigenvalue weighted by Crippen LogP contribution is -2.55. The number of carbonyl (C=O) groups excluding carboxylic acids is 2. The highest BCUT2D eigenvalue weighted by atomic mass is 16.6. The number of carbonyl (C=O) groups is 2. The molecular weight excluding hydrogens is 376 g/mol. The first-order valence-electron chi connectivity index (χ1n) is 10.9. The molecule has 164 valence electrons. The number of hydrogen-bond donors (Lipinski definition) is 2. The van der Waals surface area contributed by atoms with Crippen molar-refractivity contribution in [3.05, 3.63) is 0 Å². The molecule has 10 atom stereocenters. The molecule has 5 aliphatic rings. The van der Waals surface area contributed by atoms with Crippen molar-refractivity contribution in [3.8, 4) is 0 Å². The molecule has 2 N–H and O–H groups in total. The molecule has 0 radical (unpaired) electrons. The Kier molecular flexibility index (Phi) is 4.84. The highest BCUT2D eigenvalue weighted by Crippen LogP contribution is 2.60. The predicted molar refractivity (Wildman–Crippen MR) is 103 cm³/mol. The second-order valence-electron chi connectivity index (χ2n) is 10.4. The largest absolute Gasteiger partial charge is 0.459 e. The van der Waals surface area contributed by atoms with Gasteiger partial charge in [0, 0.05) is 25.2 Å². The number of fused-ring (bicyclic) bond motifs is 5. The van der Waals surface area contributed by atoms with Crippen LogP contribution in [-0.4, -0.2) is 57.3 Å². The van der Waals surface area contributed by atoms with Crippen LogP contribution in [0.25, 0.3) is 0 Å². The molecule has 4 saturated heterocycles. The second-order valence-corrected chi connectivity index (χ2v) is 10.4. The number of ether oxygens (including phenoxy) is 3. The summed E-state index contributed by atoms with van der Waals surface area (Å²) in [5.41, 5.74) is -2.99. The molecule has 7 heteroatoms. The number of aliphatic hydroxyl groups excluding tert-OH is 1. The summed E-state index contributed by atoms with van der Waals surface area (Å²) in [7, 11) is 0. The lowest BCUT2D eigenvalue weighted by molar-refractivity contribution is -0.180. The Labute approximate surface area is 172 Å². The fraction of sp³-hybridized carbons (Fsp3) is 0.909. The molecule has 4 bridgehead atoms. The van der Waals surface area contributed by atoms with Crippen LogP contribution in [0.2, 0.25) is 0 Å². The first kappa shape index (κ1) is 21.1. The van der Waals surface area contributed by atoms with Crippen molar-refractivity contribution < 1.29 is 34.0 Å². The van der Waals surface area contributed by atoms with Crippen molar-refractivity contribution in [1.29, 1.82) is 0 Å². The smallest absolute Gasteiger partial charge is 0.309 e. The maximum Gasteiger partial charge on any atom is 0.309 e. The van der Waals surface area contributed by atoms with E-state index in [1.165, 1.54) is 6.92 Å². The highest BCUT2D eigenvalue weighted by molar-refractivity contribution is 5.74. The first-order valence-corrected chi connectivity index (χ1v) is 10.9. The van der Waals surface area contributed by atoms with Crippen molar-refractivity contribution in [3.63, 3.8) is 0 Å². The summed E-state index contributed by atoms with van der Waals surface area (Å²) in [4.78, 5) is 24.7. The molecule has 0 aromatic carbocycles. The minimum Gasteiger partial charge on any atom is -0.459 e. The molecule has 0 aromatic heterocycles. The van der Waals surface area contributed by atoms with Gasteiger partial charge in [-0.1, -0.05) is 6.92 Å². The topological polar surface area (TPSA) is 102 Å². The van der Waals surface area contributed by atoms with Gasteiger partial charge in [0.25, 0.3) is 0 Å². The third-order valence-electron chi connectivity index (χ3n) is 8.23. The normalized spacial score (nSPS) is 54.4. The van der Waals surface area contributed by atoms with E-state index in [1.807, 2.05) is 20.8 Å². The van der Waals surface area contributed by atoms with Gasteiger partial charge in [-0.3, -0.25) is 9.59 Å². The highest BCUT2D eigenvalue weighted by Gasteiger charge is 2.67. The Morgan fingerprint density at radius 1 is 1.21 bits per heavy atom. The van der Waals surface area contributed by atoms with Gasteiger partial charge in [-0.05, 0) is 52.4 Å². The Hall–Kier alpha value is -1.18. The second kappa shape index (κ2) is 6.66. The van der Waals surface area contributed by atoms with Crippen molar-refractivity contribution >= 4 is 11.9 Å². The van der Waals surface area contributed by atoms with E-state index in [2.05, 4.69) is 0 Å². The zero-order valence-electron chi connectivity index (χ0n) is 18.0. The van der Waals surface area contributed by atoms with Crippen molar-refractivity contribution in [2.24, 2.45) is 23.7 Å². The van der Waals surface area contributed by atoms with Gasteiger partial charge in [-0.25, -0.2) is 0 Å². The molecule has 4 heterocycles. The van der Waals surface area contributed by atoms with E-state index >= 15 is 0 Å². The van der Waals surface area contributed by atoms with Gasteiger partial charge < -0.3 is 24.4 Å². The molecule has 4 aliphatic heterocycles. The minimum absolute atomic E-state index is 0.0180. The van der Waals surface area contributed by atoms with Crippen LogP contribution < -0.4 is 0 Å². The van der Waals surface area contributed by atoms with E-state index in [0.29, 0.717) is 12.8 Å². The Bertz CT molecular complexity index is 705. The van der Waals surface area contributed by atoms with Crippen LogP contribution in [0.5, 0.6) is 0 Å². The standard InChI is InChI=1S/C22H34O7/c1-11-13-6-8-21(4,29-19(11)25)17-14-10-20(3,26)15(24)7-9-22(5,28-12(2)23)18(27-14)16(13)17/h11,13-18,24,26H,6-10H2,1-5H3/t11-,13+,14-,15+,16+,17+,18-,20+,21+,22+/m0/s1. The monoisotopic (exact) mass is 410 g/mol. The molecule has 0 amide bonds. The molecule has 0 spiro atoms. The zero-order valence-corrected chi connectivity index (χ0v) is 18.0. The number of esters is 2. The van der Waals surface area contributed by atoms with Gasteiger partial charge in [0.15, 0.2) is 0 Å². The average molecular weight is 411 g/mol. The van der Waals surface area contributed by atoms with Gasteiger partial charge in [-0.2, -0.15) is 0 Å². The van der Waals surface area contributed by atoms with E-state index in [-0.39, 0.29) is 36.1 Å². The predicted octanol–water partition coefficient (Wildman–Crippen LogP) is 1.97. The molecular formula is C22H34O7. The van der Waals surface area contributed by atoms with Crippen LogP contribution in [0.1, 0.15) is 66.7 Å². The van der Waals surface area contributed by atoms with Gasteiger partial charge in [0.2, 0.25) is 0 Å². The third-order valence-corrected chi connectivity index (χ3v) is 8.23. The van der Waals surface area contributed by atoms with Crippen LogP contribution in [0.4, 0.5) is 0 Å². The van der Waals surface area contributed by atoms with Crippen molar-refractivity contribution in [2.45, 2.75) is 102 Å². The number of aliphatic hydroxyl groups is 2. The fourth-order valence-corrected chi connectivity index (χ4v) is 6.69. The maximum atomic E-state index is 12.7. The summed E-state index contributed by atoms with van der Waals surface area (Å²) >= 11 is 0. The molecule has 0 unspecified atom stereocenters. The van der Waals surface area contributed by atoms with Crippen LogP contribution in [0, 0.1) is 23.7 Å². The van der Waals surface area contributed by atoms with Crippen LogP contribution >= 0.6 is 0 Å². The summed E-state index contributed by atoms with van der Waals surface area (Å²) in [5, 5.41) is 21.7. The third kappa shape index (κ3) is 3.20. The van der Waals surface area contributed by atoms with E-state index in [4.69, 9.17) is 14.2 Å². The quantitative estimate of drug-likeness (QED) is 0.637. The summed E-state index contributed by atoms with van der Waals surface area (Å²) in [5.74, 6) is -0.906. The summed E-state index contributed by atoms with van der Waals surface area (Å²) in [6.07, 6.45) is 0.748. The Morgan fingerprint density at radius 3 is 2.55 bits per heavy atom. The van der Waals surface area contributed by atoms with Gasteiger partial charge in [0.05, 0.1) is 23.7 Å². The molecule has 5 rings (SSSR count). The molecule has 1 aliphatic carbocycles. The van der Waals surface area contributed by atoms with Gasteiger partial charge in [-0.15, -0.1) is 0 Å². The van der Waals surface area contributed by atoms with Crippen LogP contribution in [-0.2, 0) is 23.8 Å². The number of rotatable bonds is 1. The fourth-order valence-electron chi connectivity index (χ4n) is 6.69. The summed E-state index contributed by atoms with van der Waals surface area (Å²) in [6.45, 7) is 8.75. The van der Waals surface area contributed by atoms with Crippen molar-refractivity contribution in [2.75, 3.05) is 0 Å². The van der Waals surface area contributed by atoms with E-state index in [9.17, 15) is 19.8 Å². The van der Waals surface area contributed by atoms with Gasteiger partial charge >= 0.3 is 11.9 Å². The van der Waals surface area contributed by atoms with Crippen LogP contribution in [0.15, 0.2) is 0 Å². The molecule has 29 heavy (non-hydrogen) atoms. The summed E-state index contributed by atoms with van der Waals surface area (Å²) < 4.78 is 18.4. The lowest BCUT2D eigenvalue weighted by atomic mass is 9.58. The van der Waals surface area contributed by atoms with Crippen molar-refractivity contribution in [1.82, 2.24) is 0 Å². The lowest BCUT2D eigenvalue weighted by Gasteiger charge is -2.48. The minimum atomic E-state index is -1.34. The van der Waals surface area contributed by atoms with E-state index in [1.54, 1.807) is 6.92 Å². The van der Waals surface area contributed by atoms with Gasteiger partial charge in [0.1, 0.15) is 17.3 Å². The SMILES string of the molecule is CC(=O)O[C@]1(C)CC[C@@H](O)[C@](C)(O)C[C@@H]2O[C@H]1[C@@H]1[C@@H]3CC[C@@](C)(OC(=O)[C@H]3C)[C@@H]12. The maximum absolute atomic E-state index is 12.7. The Morgan fingerprint density at radius 2 is 1.90 bits per heavy atom. The summed E-state index contributed by atoms with van der Waals surface area (Å²) in [6, 6.07) is 0.